The van der Waals surface area contributed by atoms with E-state index in [2.05, 4.69) is 0 Å². The van der Waals surface area contributed by atoms with E-state index in [1.807, 2.05) is 0 Å². The highest BCUT2D eigenvalue weighted by molar-refractivity contribution is 7.89. The molecule has 0 radical (unpaired) electrons. The van der Waals surface area contributed by atoms with Crippen molar-refractivity contribution in [1.82, 2.24) is 4.31 Å². The molecule has 0 unspecified atom stereocenters. The summed E-state index contributed by atoms with van der Waals surface area (Å²) < 4.78 is 62.0. The zero-order valence-corrected chi connectivity index (χ0v) is 11.8. The van der Waals surface area contributed by atoms with Gasteiger partial charge in [-0.15, -0.1) is 11.3 Å². The molecule has 0 fully saturated rings. The second-order valence-electron chi connectivity index (χ2n) is 3.82. The van der Waals surface area contributed by atoms with Gasteiger partial charge in [-0.2, -0.15) is 17.5 Å². The summed E-state index contributed by atoms with van der Waals surface area (Å²) in [5.41, 5.74) is 0. The molecule has 4 nitrogen and oxygen atoms in total. The van der Waals surface area contributed by atoms with E-state index in [9.17, 15) is 21.6 Å². The molecule has 0 atom stereocenters. The number of aliphatic hydroxyl groups excluding tert-OH is 1. The Morgan fingerprint density at radius 1 is 1.42 bits per heavy atom. The molecule has 0 aliphatic heterocycles. The lowest BCUT2D eigenvalue weighted by molar-refractivity contribution is -0.136. The summed E-state index contributed by atoms with van der Waals surface area (Å²) in [6, 6.07) is 1.21. The molecular formula is C10H14F3NO3S2. The van der Waals surface area contributed by atoms with Crippen LogP contribution < -0.4 is 0 Å². The van der Waals surface area contributed by atoms with Gasteiger partial charge in [-0.05, 0) is 17.9 Å². The van der Waals surface area contributed by atoms with Crippen LogP contribution in [0.3, 0.4) is 0 Å². The number of hydrogen-bond donors (Lipinski definition) is 1. The van der Waals surface area contributed by atoms with Gasteiger partial charge >= 0.3 is 6.18 Å². The first-order valence-electron chi connectivity index (χ1n) is 5.46. The van der Waals surface area contributed by atoms with Crippen LogP contribution in [-0.2, 0) is 16.6 Å². The van der Waals surface area contributed by atoms with E-state index in [4.69, 9.17) is 5.11 Å². The van der Waals surface area contributed by atoms with Crippen molar-refractivity contribution in [2.45, 2.75) is 31.0 Å². The van der Waals surface area contributed by atoms with Crippen molar-refractivity contribution in [3.8, 4) is 0 Å². The number of nitrogens with zero attached hydrogens (tertiary/aromatic N) is 1. The second-order valence-corrected chi connectivity index (χ2v) is 6.73. The molecule has 1 N–H and O–H groups in total. The lowest BCUT2D eigenvalue weighted by Crippen LogP contribution is -2.39. The number of hydrogen-bond acceptors (Lipinski definition) is 4. The molecule has 1 aromatic rings. The van der Waals surface area contributed by atoms with E-state index < -0.39 is 29.4 Å². The van der Waals surface area contributed by atoms with Crippen LogP contribution in [0.15, 0.2) is 16.3 Å². The number of alkyl halides is 3. The summed E-state index contributed by atoms with van der Waals surface area (Å²) in [7, 11) is -4.23. The van der Waals surface area contributed by atoms with Crippen molar-refractivity contribution >= 4 is 21.4 Å². The van der Waals surface area contributed by atoms with Gasteiger partial charge in [-0.3, -0.25) is 0 Å². The fraction of sp³-hybridized carbons (Fsp3) is 0.600. The van der Waals surface area contributed by atoms with Gasteiger partial charge in [0.1, 0.15) is 6.54 Å². The van der Waals surface area contributed by atoms with Crippen molar-refractivity contribution < 1.29 is 26.7 Å². The first-order chi connectivity index (χ1) is 8.72. The lowest BCUT2D eigenvalue weighted by Gasteiger charge is -2.22. The minimum absolute atomic E-state index is 0.142. The first-order valence-corrected chi connectivity index (χ1v) is 7.78. The zero-order chi connectivity index (χ0) is 14.7. The largest absolute Gasteiger partial charge is 0.402 e. The average Bonchev–Trinajstić information content (AvgIpc) is 2.75. The molecule has 0 aliphatic carbocycles. The quantitative estimate of drug-likeness (QED) is 0.875. The molecule has 9 heteroatoms. The molecule has 0 aromatic carbocycles. The van der Waals surface area contributed by atoms with Gasteiger partial charge in [0, 0.05) is 11.4 Å². The average molecular weight is 317 g/mol. The van der Waals surface area contributed by atoms with Crippen LogP contribution in [0.25, 0.3) is 0 Å². The number of halogens is 3. The minimum Gasteiger partial charge on any atom is -0.391 e. The Bertz CT molecular complexity index is 510. The van der Waals surface area contributed by atoms with Crippen molar-refractivity contribution in [2.24, 2.45) is 0 Å². The van der Waals surface area contributed by atoms with E-state index in [0.29, 0.717) is 4.31 Å². The summed E-state index contributed by atoms with van der Waals surface area (Å²) in [6.45, 7) is -0.663. The molecule has 1 aromatic heterocycles. The van der Waals surface area contributed by atoms with Gasteiger partial charge in [-0.25, -0.2) is 8.42 Å². The maximum Gasteiger partial charge on any atom is 0.402 e. The Balaban J connectivity index is 3.13. The molecule has 0 amide bonds. The summed E-state index contributed by atoms with van der Waals surface area (Å²) in [5.74, 6) is 0. The topological polar surface area (TPSA) is 57.6 Å². The van der Waals surface area contributed by atoms with E-state index in [0.717, 1.165) is 11.3 Å². The van der Waals surface area contributed by atoms with Crippen molar-refractivity contribution in [3.05, 3.63) is 16.3 Å². The van der Waals surface area contributed by atoms with Gasteiger partial charge in [0.15, 0.2) is 0 Å². The van der Waals surface area contributed by atoms with Crippen LogP contribution in [-0.4, -0.2) is 37.1 Å². The molecule has 0 saturated carbocycles. The summed E-state index contributed by atoms with van der Waals surface area (Å²) in [5, 5.41) is 10.4. The third-order valence-electron chi connectivity index (χ3n) is 2.29. The van der Waals surface area contributed by atoms with Crippen LogP contribution in [0.2, 0.25) is 0 Å². The monoisotopic (exact) mass is 317 g/mol. The molecule has 0 saturated heterocycles. The van der Waals surface area contributed by atoms with Gasteiger partial charge in [-0.1, -0.05) is 6.92 Å². The second kappa shape index (κ2) is 6.21. The highest BCUT2D eigenvalue weighted by atomic mass is 32.2. The van der Waals surface area contributed by atoms with E-state index in [1.165, 1.54) is 11.4 Å². The summed E-state index contributed by atoms with van der Waals surface area (Å²) >= 11 is 0.993. The Morgan fingerprint density at radius 3 is 2.53 bits per heavy atom. The van der Waals surface area contributed by atoms with Gasteiger partial charge in [0.05, 0.1) is 11.5 Å². The van der Waals surface area contributed by atoms with Crippen LogP contribution in [0.5, 0.6) is 0 Å². The van der Waals surface area contributed by atoms with Gasteiger partial charge in [0.2, 0.25) is 10.0 Å². The molecule has 0 spiro atoms. The molecular weight excluding hydrogens is 303 g/mol. The third kappa shape index (κ3) is 4.16. The lowest BCUT2D eigenvalue weighted by atomic mass is 10.5. The summed E-state index contributed by atoms with van der Waals surface area (Å²) in [6.07, 6.45) is -4.33. The number of rotatable bonds is 6. The molecule has 0 aliphatic rings. The van der Waals surface area contributed by atoms with E-state index in [-0.39, 0.29) is 22.7 Å². The van der Waals surface area contributed by atoms with Gasteiger partial charge < -0.3 is 5.11 Å². The number of aliphatic hydroxyl groups is 1. The maximum absolute atomic E-state index is 12.4. The molecule has 1 heterocycles. The van der Waals surface area contributed by atoms with E-state index in [1.54, 1.807) is 6.92 Å². The maximum atomic E-state index is 12.4. The molecule has 0 bridgehead atoms. The van der Waals surface area contributed by atoms with Gasteiger partial charge in [0.25, 0.3) is 0 Å². The molecule has 19 heavy (non-hydrogen) atoms. The SMILES string of the molecule is CCCN(CC(F)(F)F)S(=O)(=O)c1ccsc1CO. The standard InChI is InChI=1S/C10H14F3NO3S2/c1-2-4-14(7-10(11,12)13)19(16,17)9-3-5-18-8(9)6-15/h3,5,15H,2,4,6-7H2,1H3. The Morgan fingerprint density at radius 2 is 2.05 bits per heavy atom. The molecule has 110 valence electrons. The highest BCUT2D eigenvalue weighted by Crippen LogP contribution is 2.28. The Hall–Kier alpha value is -0.640. The van der Waals surface area contributed by atoms with Crippen molar-refractivity contribution in [1.29, 1.82) is 0 Å². The predicted octanol–water partition coefficient (Wildman–Crippen LogP) is 2.20. The Kier molecular flexibility index (Phi) is 5.36. The predicted molar refractivity (Wildman–Crippen MR) is 65.3 cm³/mol. The van der Waals surface area contributed by atoms with E-state index >= 15 is 0 Å². The summed E-state index contributed by atoms with van der Waals surface area (Å²) in [4.78, 5) is -0.110. The van der Waals surface area contributed by atoms with Crippen LogP contribution in [0.1, 0.15) is 18.2 Å². The Labute approximate surface area is 113 Å². The number of thiophene rings is 1. The number of sulfonamides is 1. The van der Waals surface area contributed by atoms with Crippen molar-refractivity contribution in [3.63, 3.8) is 0 Å². The fourth-order valence-electron chi connectivity index (χ4n) is 1.55. The van der Waals surface area contributed by atoms with Crippen LogP contribution >= 0.6 is 11.3 Å². The van der Waals surface area contributed by atoms with Crippen LogP contribution in [0, 0.1) is 0 Å². The minimum atomic E-state index is -4.60. The van der Waals surface area contributed by atoms with Crippen molar-refractivity contribution in [2.75, 3.05) is 13.1 Å². The smallest absolute Gasteiger partial charge is 0.391 e. The third-order valence-corrected chi connectivity index (χ3v) is 5.26. The highest BCUT2D eigenvalue weighted by Gasteiger charge is 2.37. The zero-order valence-electron chi connectivity index (χ0n) is 10.1. The normalized spacial score (nSPS) is 13.2. The van der Waals surface area contributed by atoms with Crippen LogP contribution in [0.4, 0.5) is 13.2 Å². The molecule has 1 rings (SSSR count). The first kappa shape index (κ1) is 16.4. The fourth-order valence-corrected chi connectivity index (χ4v) is 4.33.